The highest BCUT2D eigenvalue weighted by Crippen LogP contribution is 2.22. The lowest BCUT2D eigenvalue weighted by Gasteiger charge is -2.17. The number of hydrogen-bond donors (Lipinski definition) is 0. The number of sulfonamides is 1. The molecule has 0 aliphatic rings. The highest BCUT2D eigenvalue weighted by atomic mass is 35.5. The maximum atomic E-state index is 12.5. The van der Waals surface area contributed by atoms with Gasteiger partial charge in [-0.1, -0.05) is 35.4 Å². The van der Waals surface area contributed by atoms with E-state index >= 15 is 0 Å². The second kappa shape index (κ2) is 9.27. The Labute approximate surface area is 163 Å². The van der Waals surface area contributed by atoms with Crippen LogP contribution in [-0.2, 0) is 21.2 Å². The Kier molecular flexibility index (Phi) is 7.32. The maximum absolute atomic E-state index is 12.5. The van der Waals surface area contributed by atoms with Crippen molar-refractivity contribution >= 4 is 27.3 Å². The number of likely N-dealkylation sites (N-methyl/N-ethyl adjacent to an activating group) is 1. The number of ether oxygens (including phenoxy) is 1. The van der Waals surface area contributed by atoms with Crippen LogP contribution in [0.3, 0.4) is 0 Å². The number of non-ortho nitro benzene ring substituents is 1. The lowest BCUT2D eigenvalue weighted by Crippen LogP contribution is -2.30. The second-order valence-electron chi connectivity index (χ2n) is 6.03. The molecule has 146 valence electrons. The third-order valence-electron chi connectivity index (χ3n) is 4.04. The zero-order valence-electron chi connectivity index (χ0n) is 15.1. The molecule has 0 N–H and O–H groups in total. The Morgan fingerprint density at radius 2 is 1.81 bits per heavy atom. The zero-order chi connectivity index (χ0) is 20.0. The molecular formula is C18H21ClN2O5S. The van der Waals surface area contributed by atoms with Gasteiger partial charge in [0, 0.05) is 25.7 Å². The summed E-state index contributed by atoms with van der Waals surface area (Å²) in [6.07, 6.45) is 0.477. The van der Waals surface area contributed by atoms with Crippen molar-refractivity contribution in [2.24, 2.45) is 0 Å². The highest BCUT2D eigenvalue weighted by molar-refractivity contribution is 7.89. The Hall–Kier alpha value is -2.00. The van der Waals surface area contributed by atoms with Gasteiger partial charge in [0.2, 0.25) is 10.0 Å². The van der Waals surface area contributed by atoms with Crippen LogP contribution < -0.4 is 0 Å². The van der Waals surface area contributed by atoms with Gasteiger partial charge in [-0.25, -0.2) is 8.42 Å². The minimum atomic E-state index is -3.55. The summed E-state index contributed by atoms with van der Waals surface area (Å²) in [5.41, 5.74) is 1.67. The number of halogens is 1. The molecule has 0 aliphatic heterocycles. The Morgan fingerprint density at radius 1 is 1.15 bits per heavy atom. The fourth-order valence-corrected chi connectivity index (χ4v) is 3.76. The zero-order valence-corrected chi connectivity index (χ0v) is 16.7. The first-order valence-corrected chi connectivity index (χ1v) is 10.1. The van der Waals surface area contributed by atoms with Gasteiger partial charge in [-0.2, -0.15) is 4.31 Å². The summed E-state index contributed by atoms with van der Waals surface area (Å²) in [5, 5.41) is 11.0. The number of rotatable bonds is 9. The first-order valence-electron chi connectivity index (χ1n) is 8.25. The molecule has 0 aliphatic carbocycles. The topological polar surface area (TPSA) is 89.8 Å². The van der Waals surface area contributed by atoms with E-state index in [-0.39, 0.29) is 23.7 Å². The monoisotopic (exact) mass is 412 g/mol. The minimum Gasteiger partial charge on any atom is -0.380 e. The molecule has 0 saturated carbocycles. The van der Waals surface area contributed by atoms with Crippen molar-refractivity contribution in [2.75, 3.05) is 26.8 Å². The summed E-state index contributed by atoms with van der Waals surface area (Å²) in [4.78, 5) is 10.4. The summed E-state index contributed by atoms with van der Waals surface area (Å²) >= 11 is 6.03. The van der Waals surface area contributed by atoms with Gasteiger partial charge in [-0.15, -0.1) is 0 Å². The van der Waals surface area contributed by atoms with Crippen LogP contribution in [0, 0.1) is 17.0 Å². The van der Waals surface area contributed by atoms with Gasteiger partial charge in [-0.3, -0.25) is 10.1 Å². The van der Waals surface area contributed by atoms with E-state index in [4.69, 9.17) is 16.3 Å². The Bertz CT molecular complexity index is 900. The van der Waals surface area contributed by atoms with Crippen LogP contribution in [0.25, 0.3) is 0 Å². The van der Waals surface area contributed by atoms with Gasteiger partial charge in [0.1, 0.15) is 0 Å². The van der Waals surface area contributed by atoms with Crippen molar-refractivity contribution in [2.45, 2.75) is 18.2 Å². The standard InChI is InChI=1S/C18H21ClN2O5S/c1-14-3-7-17(8-4-14)27(24,25)20(2)10-12-26-11-9-15-5-6-16(21(22)23)13-18(15)19/h3-8,13H,9-12H2,1-2H3. The molecular weight excluding hydrogens is 392 g/mol. The molecule has 0 unspecified atom stereocenters. The summed E-state index contributed by atoms with van der Waals surface area (Å²) in [7, 11) is -2.04. The predicted octanol–water partition coefficient (Wildman–Crippen LogP) is 3.44. The number of hydrogen-bond acceptors (Lipinski definition) is 5. The van der Waals surface area contributed by atoms with Crippen molar-refractivity contribution in [3.63, 3.8) is 0 Å². The van der Waals surface area contributed by atoms with Gasteiger partial charge >= 0.3 is 0 Å². The van der Waals surface area contributed by atoms with Crippen molar-refractivity contribution in [1.29, 1.82) is 0 Å². The quantitative estimate of drug-likeness (QED) is 0.357. The van der Waals surface area contributed by atoms with E-state index in [2.05, 4.69) is 0 Å². The van der Waals surface area contributed by atoms with E-state index in [9.17, 15) is 18.5 Å². The normalized spacial score (nSPS) is 11.7. The predicted molar refractivity (Wildman–Crippen MR) is 104 cm³/mol. The lowest BCUT2D eigenvalue weighted by molar-refractivity contribution is -0.384. The number of aryl methyl sites for hydroxylation is 1. The van der Waals surface area contributed by atoms with Gasteiger partial charge < -0.3 is 4.74 Å². The fourth-order valence-electron chi connectivity index (χ4n) is 2.34. The van der Waals surface area contributed by atoms with Crippen LogP contribution in [-0.4, -0.2) is 44.5 Å². The van der Waals surface area contributed by atoms with Crippen LogP contribution in [0.4, 0.5) is 5.69 Å². The maximum Gasteiger partial charge on any atom is 0.270 e. The molecule has 7 nitrogen and oxygen atoms in total. The van der Waals surface area contributed by atoms with Gasteiger partial charge in [0.25, 0.3) is 5.69 Å². The molecule has 2 aromatic carbocycles. The average Bonchev–Trinajstić information content (AvgIpc) is 2.62. The van der Waals surface area contributed by atoms with Crippen molar-refractivity contribution < 1.29 is 18.1 Å². The van der Waals surface area contributed by atoms with Gasteiger partial charge in [0.05, 0.1) is 28.1 Å². The first kappa shape index (κ1) is 21.3. The van der Waals surface area contributed by atoms with Crippen molar-refractivity contribution in [3.8, 4) is 0 Å². The van der Waals surface area contributed by atoms with Crippen LogP contribution in [0.2, 0.25) is 5.02 Å². The molecule has 0 fully saturated rings. The number of nitrogens with zero attached hydrogens (tertiary/aromatic N) is 2. The van der Waals surface area contributed by atoms with Crippen LogP contribution in [0.15, 0.2) is 47.4 Å². The fraction of sp³-hybridized carbons (Fsp3) is 0.333. The molecule has 0 radical (unpaired) electrons. The average molecular weight is 413 g/mol. The van der Waals surface area contributed by atoms with Gasteiger partial charge in [0.15, 0.2) is 0 Å². The van der Waals surface area contributed by atoms with E-state index in [0.717, 1.165) is 11.1 Å². The number of nitro benzene ring substituents is 1. The van der Waals surface area contributed by atoms with E-state index in [1.807, 2.05) is 6.92 Å². The SMILES string of the molecule is Cc1ccc(S(=O)(=O)N(C)CCOCCc2ccc([N+](=O)[O-])cc2Cl)cc1. The molecule has 0 spiro atoms. The number of benzene rings is 2. The Morgan fingerprint density at radius 3 is 2.41 bits per heavy atom. The molecule has 27 heavy (non-hydrogen) atoms. The number of nitro groups is 1. The third kappa shape index (κ3) is 5.74. The second-order valence-corrected chi connectivity index (χ2v) is 8.49. The summed E-state index contributed by atoms with van der Waals surface area (Å²) in [6, 6.07) is 11.0. The summed E-state index contributed by atoms with van der Waals surface area (Å²) in [5.74, 6) is 0. The molecule has 0 bridgehead atoms. The molecule has 0 aromatic heterocycles. The molecule has 0 heterocycles. The molecule has 9 heteroatoms. The summed E-state index contributed by atoms with van der Waals surface area (Å²) < 4.78 is 31.7. The van der Waals surface area contributed by atoms with Crippen molar-refractivity contribution in [1.82, 2.24) is 4.31 Å². The van der Waals surface area contributed by atoms with Crippen molar-refractivity contribution in [3.05, 3.63) is 68.7 Å². The molecule has 0 amide bonds. The third-order valence-corrected chi connectivity index (χ3v) is 6.27. The molecule has 2 aromatic rings. The van der Waals surface area contributed by atoms with Crippen LogP contribution in [0.1, 0.15) is 11.1 Å². The van der Waals surface area contributed by atoms with E-state index in [1.54, 1.807) is 30.3 Å². The smallest absolute Gasteiger partial charge is 0.270 e. The van der Waals surface area contributed by atoms with E-state index in [1.165, 1.54) is 23.5 Å². The lowest BCUT2D eigenvalue weighted by atomic mass is 10.1. The first-order chi connectivity index (χ1) is 12.7. The highest BCUT2D eigenvalue weighted by Gasteiger charge is 2.20. The largest absolute Gasteiger partial charge is 0.380 e. The van der Waals surface area contributed by atoms with E-state index in [0.29, 0.717) is 18.1 Å². The van der Waals surface area contributed by atoms with Crippen LogP contribution in [0.5, 0.6) is 0 Å². The van der Waals surface area contributed by atoms with Gasteiger partial charge in [-0.05, 0) is 31.0 Å². The molecule has 0 saturated heterocycles. The van der Waals surface area contributed by atoms with E-state index < -0.39 is 14.9 Å². The summed E-state index contributed by atoms with van der Waals surface area (Å²) in [6.45, 7) is 2.66. The molecule has 0 atom stereocenters. The van der Waals surface area contributed by atoms with Crippen LogP contribution >= 0.6 is 11.6 Å². The Balaban J connectivity index is 1.81. The minimum absolute atomic E-state index is 0.0624. The molecule has 2 rings (SSSR count).